The van der Waals surface area contributed by atoms with Crippen molar-refractivity contribution < 1.29 is 0 Å². The van der Waals surface area contributed by atoms with E-state index in [4.69, 9.17) is 12.2 Å². The number of hydrogen-bond donors (Lipinski definition) is 1. The quantitative estimate of drug-likeness (QED) is 0.799. The Morgan fingerprint density at radius 2 is 2.10 bits per heavy atom. The van der Waals surface area contributed by atoms with Gasteiger partial charge in [0.1, 0.15) is 5.52 Å². The molecule has 0 aromatic carbocycles. The average Bonchev–Trinajstić information content (AvgIpc) is 2.93. The van der Waals surface area contributed by atoms with Crippen LogP contribution < -0.4 is 0 Å². The van der Waals surface area contributed by atoms with Crippen LogP contribution in [0.3, 0.4) is 0 Å². The average molecular weight is 309 g/mol. The van der Waals surface area contributed by atoms with Gasteiger partial charge in [0.2, 0.25) is 0 Å². The van der Waals surface area contributed by atoms with E-state index in [1.165, 1.54) is 0 Å². The van der Waals surface area contributed by atoms with Crippen LogP contribution in [0, 0.1) is 4.77 Å². The maximum absolute atomic E-state index is 5.50. The van der Waals surface area contributed by atoms with Crippen molar-refractivity contribution in [3.05, 3.63) is 10.5 Å². The molecule has 1 unspecified atom stereocenters. The Kier molecular flexibility index (Phi) is 5.22. The third-order valence-electron chi connectivity index (χ3n) is 4.33. The largest absolute Gasteiger partial charge is 0.328 e. The Bertz CT molecular complexity index is 651. The zero-order valence-electron chi connectivity index (χ0n) is 13.8. The van der Waals surface area contributed by atoms with Crippen molar-refractivity contribution in [3.8, 4) is 0 Å². The van der Waals surface area contributed by atoms with Gasteiger partial charge in [-0.25, -0.2) is 0 Å². The first kappa shape index (κ1) is 16.2. The lowest BCUT2D eigenvalue weighted by atomic mass is 10.2. The number of hydrogen-bond acceptors (Lipinski definition) is 3. The Labute approximate surface area is 131 Å². The van der Waals surface area contributed by atoms with Gasteiger partial charge in [-0.15, -0.1) is 0 Å². The van der Waals surface area contributed by atoms with Gasteiger partial charge in [-0.3, -0.25) is 4.68 Å². The predicted molar refractivity (Wildman–Crippen MR) is 90.3 cm³/mol. The van der Waals surface area contributed by atoms with Gasteiger partial charge >= 0.3 is 0 Å². The SMILES string of the molecule is CCCc1nn(C)c2c1[nH]c(=S)n2CCN(C)C(C)CC. The molecule has 0 saturated carbocycles. The number of aryl methyl sites for hydroxylation is 2. The van der Waals surface area contributed by atoms with Crippen molar-refractivity contribution in [2.45, 2.75) is 52.6 Å². The van der Waals surface area contributed by atoms with Crippen LogP contribution in [-0.2, 0) is 20.0 Å². The molecular weight excluding hydrogens is 282 g/mol. The molecule has 118 valence electrons. The van der Waals surface area contributed by atoms with E-state index < -0.39 is 0 Å². The Hall–Kier alpha value is -1.14. The normalized spacial score (nSPS) is 13.4. The number of aromatic amines is 1. The lowest BCUT2D eigenvalue weighted by Crippen LogP contribution is -2.31. The van der Waals surface area contributed by atoms with Crippen LogP contribution in [0.4, 0.5) is 0 Å². The molecule has 0 radical (unpaired) electrons. The minimum Gasteiger partial charge on any atom is -0.328 e. The highest BCUT2D eigenvalue weighted by Crippen LogP contribution is 2.19. The fraction of sp³-hybridized carbons (Fsp3) is 0.733. The van der Waals surface area contributed by atoms with E-state index >= 15 is 0 Å². The predicted octanol–water partition coefficient (Wildman–Crippen LogP) is 3.12. The van der Waals surface area contributed by atoms with Gasteiger partial charge in [0, 0.05) is 26.2 Å². The molecular formula is C15H27N5S. The van der Waals surface area contributed by atoms with Crippen LogP contribution in [0.1, 0.15) is 39.3 Å². The zero-order valence-corrected chi connectivity index (χ0v) is 14.6. The second-order valence-electron chi connectivity index (χ2n) is 5.84. The monoisotopic (exact) mass is 309 g/mol. The van der Waals surface area contributed by atoms with Gasteiger partial charge in [-0.05, 0) is 39.0 Å². The molecule has 2 rings (SSSR count). The van der Waals surface area contributed by atoms with Crippen LogP contribution >= 0.6 is 12.2 Å². The van der Waals surface area contributed by atoms with Gasteiger partial charge in [-0.2, -0.15) is 5.10 Å². The molecule has 0 saturated heterocycles. The summed E-state index contributed by atoms with van der Waals surface area (Å²) in [5.74, 6) is 0. The highest BCUT2D eigenvalue weighted by Gasteiger charge is 2.15. The molecule has 0 aliphatic carbocycles. The number of nitrogens with zero attached hydrogens (tertiary/aromatic N) is 4. The summed E-state index contributed by atoms with van der Waals surface area (Å²) in [4.78, 5) is 5.72. The summed E-state index contributed by atoms with van der Waals surface area (Å²) in [6.45, 7) is 8.54. The Morgan fingerprint density at radius 3 is 2.71 bits per heavy atom. The van der Waals surface area contributed by atoms with Crippen molar-refractivity contribution in [1.82, 2.24) is 24.2 Å². The van der Waals surface area contributed by atoms with E-state index in [0.29, 0.717) is 6.04 Å². The molecule has 6 heteroatoms. The molecule has 1 N–H and O–H groups in total. The summed E-state index contributed by atoms with van der Waals surface area (Å²) < 4.78 is 4.93. The maximum atomic E-state index is 5.50. The second kappa shape index (κ2) is 6.75. The van der Waals surface area contributed by atoms with Crippen LogP contribution in [0.25, 0.3) is 11.2 Å². The Morgan fingerprint density at radius 1 is 1.38 bits per heavy atom. The molecule has 0 aliphatic heterocycles. The van der Waals surface area contributed by atoms with Gasteiger partial charge in [0.25, 0.3) is 0 Å². The first-order chi connectivity index (χ1) is 9.99. The zero-order chi connectivity index (χ0) is 15.6. The molecule has 21 heavy (non-hydrogen) atoms. The molecule has 0 aliphatic rings. The van der Waals surface area contributed by atoms with E-state index in [2.05, 4.69) is 47.4 Å². The number of imidazole rings is 1. The molecule has 2 aromatic rings. The van der Waals surface area contributed by atoms with Crippen LogP contribution in [0.15, 0.2) is 0 Å². The van der Waals surface area contributed by atoms with Crippen molar-refractivity contribution in [2.24, 2.45) is 7.05 Å². The maximum Gasteiger partial charge on any atom is 0.179 e. The van der Waals surface area contributed by atoms with Crippen molar-refractivity contribution in [3.63, 3.8) is 0 Å². The van der Waals surface area contributed by atoms with E-state index in [0.717, 1.165) is 54.0 Å². The standard InChI is InChI=1S/C15H27N5S/c1-6-8-12-13-14(19(5)17-12)20(15(21)16-13)10-9-18(4)11(3)7-2/h11H,6-10H2,1-5H3,(H,16,21). The lowest BCUT2D eigenvalue weighted by Gasteiger charge is -2.23. The first-order valence-corrected chi connectivity index (χ1v) is 8.25. The van der Waals surface area contributed by atoms with E-state index in [1.807, 2.05) is 11.7 Å². The summed E-state index contributed by atoms with van der Waals surface area (Å²) in [5, 5.41) is 4.62. The van der Waals surface area contributed by atoms with E-state index in [-0.39, 0.29) is 0 Å². The third kappa shape index (κ3) is 3.21. The number of nitrogens with one attached hydrogen (secondary N) is 1. The fourth-order valence-corrected chi connectivity index (χ4v) is 2.97. The number of likely N-dealkylation sites (N-methyl/N-ethyl adjacent to an activating group) is 1. The first-order valence-electron chi connectivity index (χ1n) is 7.84. The van der Waals surface area contributed by atoms with Gasteiger partial charge in [0.15, 0.2) is 10.4 Å². The van der Waals surface area contributed by atoms with Crippen LogP contribution in [0.5, 0.6) is 0 Å². The molecule has 0 bridgehead atoms. The fourth-order valence-electron chi connectivity index (χ4n) is 2.69. The summed E-state index contributed by atoms with van der Waals surface area (Å²) in [6, 6.07) is 0.593. The van der Waals surface area contributed by atoms with Crippen molar-refractivity contribution >= 4 is 23.4 Å². The summed E-state index contributed by atoms with van der Waals surface area (Å²) in [5.41, 5.74) is 3.34. The van der Waals surface area contributed by atoms with Crippen molar-refractivity contribution in [1.29, 1.82) is 0 Å². The molecule has 1 atom stereocenters. The molecule has 2 heterocycles. The minimum absolute atomic E-state index is 0.593. The lowest BCUT2D eigenvalue weighted by molar-refractivity contribution is 0.243. The third-order valence-corrected chi connectivity index (χ3v) is 4.65. The molecule has 0 fully saturated rings. The summed E-state index contributed by atoms with van der Waals surface area (Å²) >= 11 is 5.50. The Balaban J connectivity index is 2.28. The number of H-pyrrole nitrogens is 1. The van der Waals surface area contributed by atoms with E-state index in [1.54, 1.807) is 0 Å². The number of rotatable bonds is 7. The highest BCUT2D eigenvalue weighted by molar-refractivity contribution is 7.71. The number of fused-ring (bicyclic) bond motifs is 1. The molecule has 0 spiro atoms. The second-order valence-corrected chi connectivity index (χ2v) is 6.23. The summed E-state index contributed by atoms with van der Waals surface area (Å²) in [6.07, 6.45) is 3.24. The number of aromatic nitrogens is 4. The summed E-state index contributed by atoms with van der Waals surface area (Å²) in [7, 11) is 4.17. The smallest absolute Gasteiger partial charge is 0.179 e. The molecule has 5 nitrogen and oxygen atoms in total. The van der Waals surface area contributed by atoms with Gasteiger partial charge in [0.05, 0.1) is 5.69 Å². The van der Waals surface area contributed by atoms with Gasteiger partial charge in [-0.1, -0.05) is 20.3 Å². The van der Waals surface area contributed by atoms with E-state index in [9.17, 15) is 0 Å². The molecule has 2 aromatic heterocycles. The topological polar surface area (TPSA) is 41.8 Å². The van der Waals surface area contributed by atoms with Crippen LogP contribution in [0.2, 0.25) is 0 Å². The minimum atomic E-state index is 0.593. The molecule has 0 amide bonds. The van der Waals surface area contributed by atoms with Crippen molar-refractivity contribution in [2.75, 3.05) is 13.6 Å². The van der Waals surface area contributed by atoms with Crippen LogP contribution in [-0.4, -0.2) is 43.9 Å². The van der Waals surface area contributed by atoms with Gasteiger partial charge < -0.3 is 14.5 Å². The highest BCUT2D eigenvalue weighted by atomic mass is 32.1.